The van der Waals surface area contributed by atoms with Gasteiger partial charge in [0.15, 0.2) is 5.78 Å². The third kappa shape index (κ3) is 3.99. The highest BCUT2D eigenvalue weighted by atomic mass is 16.5. The summed E-state index contributed by atoms with van der Waals surface area (Å²) in [5, 5.41) is 7.71. The van der Waals surface area contributed by atoms with Gasteiger partial charge in [0.2, 0.25) is 0 Å². The number of ether oxygens (including phenoxy) is 1. The van der Waals surface area contributed by atoms with E-state index in [4.69, 9.17) is 4.74 Å². The van der Waals surface area contributed by atoms with Gasteiger partial charge in [0, 0.05) is 34.6 Å². The highest BCUT2D eigenvalue weighted by Gasteiger charge is 2.28. The van der Waals surface area contributed by atoms with Crippen molar-refractivity contribution in [2.45, 2.75) is 19.9 Å². The summed E-state index contributed by atoms with van der Waals surface area (Å²) in [7, 11) is 0. The molecule has 1 aliphatic heterocycles. The molecule has 0 radical (unpaired) electrons. The SMILES string of the molecule is CC(=O)C1=C(C)Nc2cc(C(=O)Oc3ccccc3)ccc2NC1c1cncc2ncccc12. The summed E-state index contributed by atoms with van der Waals surface area (Å²) in [5.74, 6) is -0.0603. The van der Waals surface area contributed by atoms with E-state index in [1.165, 1.54) is 0 Å². The molecule has 0 saturated carbocycles. The van der Waals surface area contributed by atoms with Gasteiger partial charge in [-0.3, -0.25) is 14.8 Å². The van der Waals surface area contributed by atoms with Crippen molar-refractivity contribution in [1.29, 1.82) is 0 Å². The summed E-state index contributed by atoms with van der Waals surface area (Å²) in [5.41, 5.74) is 4.69. The van der Waals surface area contributed by atoms with Crippen molar-refractivity contribution in [3.05, 3.63) is 102 Å². The molecule has 0 spiro atoms. The van der Waals surface area contributed by atoms with Gasteiger partial charge in [-0.2, -0.15) is 0 Å². The second-order valence-electron chi connectivity index (χ2n) is 8.06. The number of ketones is 1. The van der Waals surface area contributed by atoms with Gasteiger partial charge in [0.1, 0.15) is 5.75 Å². The van der Waals surface area contributed by atoms with E-state index in [1.807, 2.05) is 31.2 Å². The first kappa shape index (κ1) is 21.3. The van der Waals surface area contributed by atoms with Gasteiger partial charge < -0.3 is 15.4 Å². The average Bonchev–Trinajstić information content (AvgIpc) is 2.99. The Kier molecular flexibility index (Phi) is 5.51. The molecule has 1 atom stereocenters. The summed E-state index contributed by atoms with van der Waals surface area (Å²) in [6.45, 7) is 3.40. The number of nitrogens with one attached hydrogen (secondary N) is 2. The monoisotopic (exact) mass is 450 g/mol. The number of para-hydroxylation sites is 1. The number of anilines is 2. The zero-order valence-electron chi connectivity index (χ0n) is 18.7. The number of esters is 1. The Bertz CT molecular complexity index is 1440. The number of carbonyl (C=O) groups is 2. The minimum atomic E-state index is -0.464. The third-order valence-electron chi connectivity index (χ3n) is 5.77. The van der Waals surface area contributed by atoms with Crippen LogP contribution in [0.2, 0.25) is 0 Å². The van der Waals surface area contributed by atoms with E-state index in [1.54, 1.807) is 61.9 Å². The molecule has 2 aromatic carbocycles. The average molecular weight is 450 g/mol. The number of hydrogen-bond acceptors (Lipinski definition) is 7. The molecule has 4 aromatic rings. The van der Waals surface area contributed by atoms with E-state index >= 15 is 0 Å². The Morgan fingerprint density at radius 2 is 1.79 bits per heavy atom. The van der Waals surface area contributed by atoms with Gasteiger partial charge in [-0.05, 0) is 50.2 Å². The van der Waals surface area contributed by atoms with Crippen LogP contribution in [0.3, 0.4) is 0 Å². The topological polar surface area (TPSA) is 93.2 Å². The lowest BCUT2D eigenvalue weighted by molar-refractivity contribution is -0.113. The van der Waals surface area contributed by atoms with Crippen molar-refractivity contribution in [3.8, 4) is 5.75 Å². The number of Topliss-reactive ketones (excluding diaryl/α,β-unsaturated/α-hetero) is 1. The predicted molar refractivity (Wildman–Crippen MR) is 131 cm³/mol. The Morgan fingerprint density at radius 1 is 0.971 bits per heavy atom. The number of benzene rings is 2. The van der Waals surface area contributed by atoms with E-state index in [-0.39, 0.29) is 5.78 Å². The molecule has 1 aliphatic rings. The lowest BCUT2D eigenvalue weighted by Gasteiger charge is -2.22. The smallest absolute Gasteiger partial charge is 0.343 e. The fourth-order valence-electron chi connectivity index (χ4n) is 4.22. The fourth-order valence-corrected chi connectivity index (χ4v) is 4.22. The van der Waals surface area contributed by atoms with Crippen molar-refractivity contribution in [2.75, 3.05) is 10.6 Å². The molecule has 7 nitrogen and oxygen atoms in total. The van der Waals surface area contributed by atoms with Gasteiger partial charge in [-0.15, -0.1) is 0 Å². The van der Waals surface area contributed by atoms with Gasteiger partial charge >= 0.3 is 5.97 Å². The lowest BCUT2D eigenvalue weighted by atomic mass is 9.93. The number of allylic oxidation sites excluding steroid dienone is 1. The number of rotatable bonds is 4. The summed E-state index contributed by atoms with van der Waals surface area (Å²) < 4.78 is 5.48. The van der Waals surface area contributed by atoms with Crippen LogP contribution in [-0.4, -0.2) is 21.7 Å². The van der Waals surface area contributed by atoms with E-state index in [0.717, 1.165) is 22.2 Å². The summed E-state index contributed by atoms with van der Waals surface area (Å²) in [6, 6.07) is 17.5. The molecular weight excluding hydrogens is 428 g/mol. The molecule has 2 aromatic heterocycles. The van der Waals surface area contributed by atoms with Gasteiger partial charge in [-0.25, -0.2) is 4.79 Å². The highest BCUT2D eigenvalue weighted by molar-refractivity contribution is 6.00. The van der Waals surface area contributed by atoms with Crippen LogP contribution in [-0.2, 0) is 4.79 Å². The van der Waals surface area contributed by atoms with Crippen LogP contribution < -0.4 is 15.4 Å². The first-order valence-electron chi connectivity index (χ1n) is 10.9. The molecule has 0 aliphatic carbocycles. The van der Waals surface area contributed by atoms with Crippen LogP contribution in [0.4, 0.5) is 11.4 Å². The normalized spacial score (nSPS) is 15.1. The van der Waals surface area contributed by atoms with Crippen molar-refractivity contribution in [2.24, 2.45) is 0 Å². The molecule has 7 heteroatoms. The zero-order chi connectivity index (χ0) is 23.7. The van der Waals surface area contributed by atoms with Crippen LogP contribution in [0.1, 0.15) is 35.8 Å². The predicted octanol–water partition coefficient (Wildman–Crippen LogP) is 5.29. The van der Waals surface area contributed by atoms with Crippen LogP contribution in [0.5, 0.6) is 5.75 Å². The largest absolute Gasteiger partial charge is 0.423 e. The minimum absolute atomic E-state index is 0.0695. The Balaban J connectivity index is 1.56. The van der Waals surface area contributed by atoms with Gasteiger partial charge in [-0.1, -0.05) is 24.3 Å². The summed E-state index contributed by atoms with van der Waals surface area (Å²) in [6.07, 6.45) is 5.18. The third-order valence-corrected chi connectivity index (χ3v) is 5.77. The second-order valence-corrected chi connectivity index (χ2v) is 8.06. The highest BCUT2D eigenvalue weighted by Crippen LogP contribution is 2.39. The van der Waals surface area contributed by atoms with Gasteiger partial charge in [0.25, 0.3) is 0 Å². The maximum Gasteiger partial charge on any atom is 0.343 e. The van der Waals surface area contributed by atoms with Crippen LogP contribution in [0.25, 0.3) is 10.9 Å². The van der Waals surface area contributed by atoms with Crippen molar-refractivity contribution in [3.63, 3.8) is 0 Å². The summed E-state index contributed by atoms with van der Waals surface area (Å²) >= 11 is 0. The number of fused-ring (bicyclic) bond motifs is 2. The molecule has 0 saturated heterocycles. The quantitative estimate of drug-likeness (QED) is 0.322. The van der Waals surface area contributed by atoms with Crippen LogP contribution in [0, 0.1) is 0 Å². The fraction of sp³-hybridized carbons (Fsp3) is 0.111. The van der Waals surface area contributed by atoms with Crippen molar-refractivity contribution >= 4 is 34.0 Å². The lowest BCUT2D eigenvalue weighted by Crippen LogP contribution is -2.19. The molecule has 0 amide bonds. The van der Waals surface area contributed by atoms with Crippen molar-refractivity contribution in [1.82, 2.24) is 9.97 Å². The molecule has 3 heterocycles. The van der Waals surface area contributed by atoms with Crippen LogP contribution >= 0.6 is 0 Å². The Labute approximate surface area is 196 Å². The number of carbonyl (C=O) groups excluding carboxylic acids is 2. The van der Waals surface area contributed by atoms with Gasteiger partial charge in [0.05, 0.1) is 34.7 Å². The standard InChI is InChI=1S/C27H22N4O3/c1-16-25(17(2)32)26(21-14-28-15-24-20(21)9-6-12-29-24)31-22-11-10-18(13-23(22)30-16)27(33)34-19-7-4-3-5-8-19/h3-15,26,30-31H,1-2H3. The number of hydrogen-bond donors (Lipinski definition) is 2. The first-order valence-corrected chi connectivity index (χ1v) is 10.9. The molecule has 2 N–H and O–H groups in total. The number of pyridine rings is 2. The minimum Gasteiger partial charge on any atom is -0.423 e. The first-order chi connectivity index (χ1) is 16.5. The molecular formula is C27H22N4O3. The molecule has 0 bridgehead atoms. The number of nitrogens with zero attached hydrogens (tertiary/aromatic N) is 2. The van der Waals surface area contributed by atoms with E-state index in [2.05, 4.69) is 20.6 Å². The molecule has 5 rings (SSSR count). The maximum absolute atomic E-state index is 12.8. The maximum atomic E-state index is 12.8. The Hall–Kier alpha value is -4.52. The van der Waals surface area contributed by atoms with E-state index in [9.17, 15) is 9.59 Å². The second kappa shape index (κ2) is 8.78. The van der Waals surface area contributed by atoms with Crippen LogP contribution in [0.15, 0.2) is 90.5 Å². The zero-order valence-corrected chi connectivity index (χ0v) is 18.7. The molecule has 1 unspecified atom stereocenters. The number of aromatic nitrogens is 2. The molecule has 168 valence electrons. The molecule has 34 heavy (non-hydrogen) atoms. The summed E-state index contributed by atoms with van der Waals surface area (Å²) in [4.78, 5) is 34.2. The Morgan fingerprint density at radius 3 is 2.59 bits per heavy atom. The van der Waals surface area contributed by atoms with Crippen molar-refractivity contribution < 1.29 is 14.3 Å². The molecule has 0 fully saturated rings. The van der Waals surface area contributed by atoms with E-state index in [0.29, 0.717) is 28.3 Å². The van der Waals surface area contributed by atoms with E-state index < -0.39 is 12.0 Å².